The fraction of sp³-hybridized carbons (Fsp3) is 0.526. The standard InChI is InChI=1S/C19H26N6O3/c1-4-24(3)18(26)13(2)21-19(27)25-11-8-14(9-12-25)17-22-16(23-28-17)15-7-5-6-10-20-15/h5-7,10,13-14H,4,8-9,11-12H2,1-3H3,(H,21,27). The summed E-state index contributed by atoms with van der Waals surface area (Å²) in [6.07, 6.45) is 3.15. The summed E-state index contributed by atoms with van der Waals surface area (Å²) in [5, 5.41) is 6.80. The Hall–Kier alpha value is -2.97. The molecule has 9 nitrogen and oxygen atoms in total. The van der Waals surface area contributed by atoms with Crippen LogP contribution < -0.4 is 5.32 Å². The number of carbonyl (C=O) groups excluding carboxylic acids is 2. The SMILES string of the molecule is CCN(C)C(=O)C(C)NC(=O)N1CCC(c2nc(-c3ccccn3)no2)CC1. The molecule has 1 aliphatic heterocycles. The highest BCUT2D eigenvalue weighted by molar-refractivity contribution is 5.86. The minimum absolute atomic E-state index is 0.0985. The summed E-state index contributed by atoms with van der Waals surface area (Å²) in [5.74, 6) is 1.06. The van der Waals surface area contributed by atoms with Crippen LogP contribution in [0.5, 0.6) is 0 Å². The molecule has 0 aliphatic carbocycles. The molecule has 3 rings (SSSR count). The summed E-state index contributed by atoms with van der Waals surface area (Å²) >= 11 is 0. The molecule has 1 aliphatic rings. The summed E-state index contributed by atoms with van der Waals surface area (Å²) in [5.41, 5.74) is 0.671. The van der Waals surface area contributed by atoms with Crippen LogP contribution in [0.4, 0.5) is 4.79 Å². The van der Waals surface area contributed by atoms with E-state index in [0.29, 0.717) is 37.0 Å². The number of rotatable bonds is 5. The summed E-state index contributed by atoms with van der Waals surface area (Å²) in [6.45, 7) is 5.35. The smallest absolute Gasteiger partial charge is 0.318 e. The van der Waals surface area contributed by atoms with Crippen molar-refractivity contribution in [2.75, 3.05) is 26.7 Å². The number of aromatic nitrogens is 3. The van der Waals surface area contributed by atoms with Gasteiger partial charge in [-0.3, -0.25) is 9.78 Å². The van der Waals surface area contributed by atoms with Gasteiger partial charge < -0.3 is 19.6 Å². The molecule has 0 saturated carbocycles. The van der Waals surface area contributed by atoms with Crippen LogP contribution in [0.25, 0.3) is 11.5 Å². The zero-order valence-electron chi connectivity index (χ0n) is 16.5. The van der Waals surface area contributed by atoms with Crippen molar-refractivity contribution in [2.45, 2.75) is 38.6 Å². The largest absolute Gasteiger partial charge is 0.344 e. The third-order valence-electron chi connectivity index (χ3n) is 5.03. The lowest BCUT2D eigenvalue weighted by atomic mass is 9.97. The van der Waals surface area contributed by atoms with Crippen molar-refractivity contribution in [1.82, 2.24) is 30.2 Å². The highest BCUT2D eigenvalue weighted by Crippen LogP contribution is 2.28. The second-order valence-corrected chi connectivity index (χ2v) is 6.96. The maximum absolute atomic E-state index is 12.4. The van der Waals surface area contributed by atoms with Crippen molar-refractivity contribution < 1.29 is 14.1 Å². The van der Waals surface area contributed by atoms with Crippen molar-refractivity contribution in [1.29, 1.82) is 0 Å². The van der Waals surface area contributed by atoms with Crippen LogP contribution in [0.3, 0.4) is 0 Å². The lowest BCUT2D eigenvalue weighted by Gasteiger charge is -2.31. The van der Waals surface area contributed by atoms with Crippen LogP contribution in [0.15, 0.2) is 28.9 Å². The van der Waals surface area contributed by atoms with E-state index >= 15 is 0 Å². The molecule has 1 fully saturated rings. The van der Waals surface area contributed by atoms with E-state index in [4.69, 9.17) is 4.52 Å². The summed E-state index contributed by atoms with van der Waals surface area (Å²) in [4.78, 5) is 36.6. The van der Waals surface area contributed by atoms with Crippen LogP contribution >= 0.6 is 0 Å². The first-order valence-electron chi connectivity index (χ1n) is 9.55. The number of hydrogen-bond acceptors (Lipinski definition) is 6. The van der Waals surface area contributed by atoms with Gasteiger partial charge in [-0.05, 0) is 38.8 Å². The van der Waals surface area contributed by atoms with Gasteiger partial charge in [0, 0.05) is 38.8 Å². The molecular formula is C19H26N6O3. The monoisotopic (exact) mass is 386 g/mol. The second kappa shape index (κ2) is 8.81. The number of piperidine rings is 1. The minimum Gasteiger partial charge on any atom is -0.344 e. The number of hydrogen-bond donors (Lipinski definition) is 1. The van der Waals surface area contributed by atoms with Gasteiger partial charge in [0.1, 0.15) is 11.7 Å². The van der Waals surface area contributed by atoms with Crippen molar-refractivity contribution >= 4 is 11.9 Å². The van der Waals surface area contributed by atoms with Crippen LogP contribution in [-0.4, -0.2) is 69.6 Å². The molecule has 0 spiro atoms. The van der Waals surface area contributed by atoms with Gasteiger partial charge in [-0.25, -0.2) is 4.79 Å². The van der Waals surface area contributed by atoms with E-state index in [0.717, 1.165) is 12.8 Å². The molecule has 3 amide bonds. The number of likely N-dealkylation sites (tertiary alicyclic amines) is 1. The van der Waals surface area contributed by atoms with Gasteiger partial charge in [-0.2, -0.15) is 4.98 Å². The quantitative estimate of drug-likeness (QED) is 0.841. The molecular weight excluding hydrogens is 360 g/mol. The predicted octanol–water partition coefficient (Wildman–Crippen LogP) is 1.89. The van der Waals surface area contributed by atoms with Crippen molar-refractivity contribution in [2.24, 2.45) is 0 Å². The molecule has 0 bridgehead atoms. The molecule has 1 atom stereocenters. The first kappa shape index (κ1) is 19.8. The molecule has 9 heteroatoms. The van der Waals surface area contributed by atoms with Crippen LogP contribution in [0.1, 0.15) is 38.5 Å². The van der Waals surface area contributed by atoms with Crippen molar-refractivity contribution in [3.8, 4) is 11.5 Å². The molecule has 1 N–H and O–H groups in total. The minimum atomic E-state index is -0.549. The maximum atomic E-state index is 12.4. The third kappa shape index (κ3) is 4.47. The third-order valence-corrected chi connectivity index (χ3v) is 5.03. The predicted molar refractivity (Wildman–Crippen MR) is 102 cm³/mol. The van der Waals surface area contributed by atoms with E-state index in [-0.39, 0.29) is 17.9 Å². The van der Waals surface area contributed by atoms with Crippen LogP contribution in [0.2, 0.25) is 0 Å². The van der Waals surface area contributed by atoms with Gasteiger partial charge >= 0.3 is 6.03 Å². The molecule has 1 saturated heterocycles. The zero-order chi connectivity index (χ0) is 20.1. The van der Waals surface area contributed by atoms with E-state index in [9.17, 15) is 9.59 Å². The zero-order valence-corrected chi connectivity index (χ0v) is 16.5. The number of nitrogens with zero attached hydrogens (tertiary/aromatic N) is 5. The lowest BCUT2D eigenvalue weighted by molar-refractivity contribution is -0.131. The van der Waals surface area contributed by atoms with E-state index < -0.39 is 6.04 Å². The average Bonchev–Trinajstić information content (AvgIpc) is 3.23. The number of likely N-dealkylation sites (N-methyl/N-ethyl adjacent to an activating group) is 1. The molecule has 1 unspecified atom stereocenters. The van der Waals surface area contributed by atoms with E-state index in [1.807, 2.05) is 25.1 Å². The van der Waals surface area contributed by atoms with Gasteiger partial charge in [0.05, 0.1) is 0 Å². The van der Waals surface area contributed by atoms with Crippen LogP contribution in [0, 0.1) is 0 Å². The van der Waals surface area contributed by atoms with Gasteiger partial charge in [0.15, 0.2) is 0 Å². The molecule has 3 heterocycles. The Labute approximate surface area is 164 Å². The van der Waals surface area contributed by atoms with E-state index in [1.54, 1.807) is 30.0 Å². The lowest BCUT2D eigenvalue weighted by Crippen LogP contribution is -2.51. The topological polar surface area (TPSA) is 104 Å². The molecule has 0 radical (unpaired) electrons. The molecule has 150 valence electrons. The van der Waals surface area contributed by atoms with E-state index in [2.05, 4.69) is 20.4 Å². The summed E-state index contributed by atoms with van der Waals surface area (Å²) < 4.78 is 5.42. The number of nitrogens with one attached hydrogen (secondary N) is 1. The van der Waals surface area contributed by atoms with Crippen molar-refractivity contribution in [3.05, 3.63) is 30.3 Å². The van der Waals surface area contributed by atoms with E-state index in [1.165, 1.54) is 0 Å². The normalized spacial score (nSPS) is 15.9. The summed E-state index contributed by atoms with van der Waals surface area (Å²) in [7, 11) is 1.72. The fourth-order valence-electron chi connectivity index (χ4n) is 3.15. The average molecular weight is 386 g/mol. The number of carbonyl (C=O) groups is 2. The second-order valence-electron chi connectivity index (χ2n) is 6.96. The van der Waals surface area contributed by atoms with Gasteiger partial charge in [0.2, 0.25) is 17.6 Å². The van der Waals surface area contributed by atoms with Crippen molar-refractivity contribution in [3.63, 3.8) is 0 Å². The Bertz CT molecular complexity index is 801. The van der Waals surface area contributed by atoms with Crippen LogP contribution in [-0.2, 0) is 4.79 Å². The summed E-state index contributed by atoms with van der Waals surface area (Å²) in [6, 6.07) is 4.77. The Kier molecular flexibility index (Phi) is 6.23. The fourth-order valence-corrected chi connectivity index (χ4v) is 3.15. The molecule has 2 aromatic heterocycles. The number of urea groups is 1. The Morgan fingerprint density at radius 3 is 2.75 bits per heavy atom. The number of amides is 3. The first-order valence-corrected chi connectivity index (χ1v) is 9.55. The highest BCUT2D eigenvalue weighted by Gasteiger charge is 2.29. The van der Waals surface area contributed by atoms with Gasteiger partial charge in [0.25, 0.3) is 0 Å². The maximum Gasteiger partial charge on any atom is 0.318 e. The Balaban J connectivity index is 1.52. The highest BCUT2D eigenvalue weighted by atomic mass is 16.5. The molecule has 0 aromatic carbocycles. The Morgan fingerprint density at radius 2 is 2.11 bits per heavy atom. The Morgan fingerprint density at radius 1 is 1.36 bits per heavy atom. The van der Waals surface area contributed by atoms with Gasteiger partial charge in [-0.1, -0.05) is 11.2 Å². The first-order chi connectivity index (χ1) is 13.5. The number of pyridine rings is 1. The molecule has 2 aromatic rings. The molecule has 28 heavy (non-hydrogen) atoms. The van der Waals surface area contributed by atoms with Gasteiger partial charge in [-0.15, -0.1) is 0 Å².